The van der Waals surface area contributed by atoms with Crippen LogP contribution in [0.1, 0.15) is 6.42 Å². The first-order valence-corrected chi connectivity index (χ1v) is 6.31. The van der Waals surface area contributed by atoms with Crippen LogP contribution < -0.4 is 5.30 Å². The predicted molar refractivity (Wildman–Crippen MR) is 62.9 cm³/mol. The van der Waals surface area contributed by atoms with Crippen molar-refractivity contribution in [3.8, 4) is 0 Å². The minimum atomic E-state index is -0.223. The van der Waals surface area contributed by atoms with Crippen molar-refractivity contribution in [1.82, 2.24) is 9.34 Å². The third-order valence-corrected chi connectivity index (χ3v) is 5.05. The Morgan fingerprint density at radius 2 is 1.57 bits per heavy atom. The minimum Gasteiger partial charge on any atom is -0.269 e. The van der Waals surface area contributed by atoms with Crippen molar-refractivity contribution in [2.45, 2.75) is 6.42 Å². The number of rotatable bonds is 1. The lowest BCUT2D eigenvalue weighted by molar-refractivity contribution is 0.390. The van der Waals surface area contributed by atoms with E-state index in [1.165, 1.54) is 24.8 Å². The van der Waals surface area contributed by atoms with E-state index in [1.54, 1.807) is 0 Å². The van der Waals surface area contributed by atoms with Crippen molar-refractivity contribution in [3.05, 3.63) is 30.3 Å². The zero-order chi connectivity index (χ0) is 9.97. The molecule has 3 heteroatoms. The molecule has 0 atom stereocenters. The molecule has 0 saturated carbocycles. The molecule has 1 fully saturated rings. The van der Waals surface area contributed by atoms with Gasteiger partial charge in [0.15, 0.2) is 0 Å². The Morgan fingerprint density at radius 1 is 1.00 bits per heavy atom. The molecular formula is C11H17N2P. The average Bonchev–Trinajstić information content (AvgIpc) is 2.19. The molecule has 2 nitrogen and oxygen atoms in total. The molecular weight excluding hydrogens is 191 g/mol. The molecule has 0 unspecified atom stereocenters. The van der Waals surface area contributed by atoms with Crippen LogP contribution in [-0.4, -0.2) is 36.5 Å². The zero-order valence-electron chi connectivity index (χ0n) is 8.85. The van der Waals surface area contributed by atoms with E-state index >= 15 is 0 Å². The molecule has 1 heterocycles. The summed E-state index contributed by atoms with van der Waals surface area (Å²) in [6.45, 7) is 2.45. The number of hydrogen-bond donors (Lipinski definition) is 0. The first-order chi connectivity index (χ1) is 6.79. The van der Waals surface area contributed by atoms with Gasteiger partial charge in [-0.05, 0) is 20.5 Å². The van der Waals surface area contributed by atoms with E-state index in [-0.39, 0.29) is 8.22 Å². The van der Waals surface area contributed by atoms with E-state index in [9.17, 15) is 0 Å². The maximum Gasteiger partial charge on any atom is 0.0719 e. The molecule has 0 aliphatic carbocycles. The van der Waals surface area contributed by atoms with Crippen LogP contribution >= 0.6 is 8.22 Å². The summed E-state index contributed by atoms with van der Waals surface area (Å²) in [5, 5.41) is 1.46. The van der Waals surface area contributed by atoms with Gasteiger partial charge in [0.05, 0.1) is 8.22 Å². The SMILES string of the molecule is CN1CCCN(C)P1c1ccccc1. The highest BCUT2D eigenvalue weighted by molar-refractivity contribution is 7.61. The Morgan fingerprint density at radius 3 is 2.14 bits per heavy atom. The monoisotopic (exact) mass is 208 g/mol. The third kappa shape index (κ3) is 1.98. The van der Waals surface area contributed by atoms with E-state index in [0.717, 1.165) is 0 Å². The Labute approximate surface area is 87.4 Å². The molecule has 1 aliphatic heterocycles. The molecule has 1 saturated heterocycles. The third-order valence-electron chi connectivity index (χ3n) is 2.60. The summed E-state index contributed by atoms with van der Waals surface area (Å²) < 4.78 is 4.96. The fourth-order valence-corrected chi connectivity index (χ4v) is 4.34. The summed E-state index contributed by atoms with van der Waals surface area (Å²) in [4.78, 5) is 0. The lowest BCUT2D eigenvalue weighted by Gasteiger charge is -2.39. The van der Waals surface area contributed by atoms with Gasteiger partial charge in [-0.2, -0.15) is 0 Å². The largest absolute Gasteiger partial charge is 0.269 e. The minimum absolute atomic E-state index is 0.223. The molecule has 1 aromatic carbocycles. The lowest BCUT2D eigenvalue weighted by atomic mass is 10.4. The standard InChI is InChI=1S/C11H17N2P/c1-12-9-6-10-13(2)14(12)11-7-4-3-5-8-11/h3-5,7-8H,6,9-10H2,1-2H3. The Kier molecular flexibility index (Phi) is 3.17. The van der Waals surface area contributed by atoms with Gasteiger partial charge in [-0.1, -0.05) is 30.3 Å². The van der Waals surface area contributed by atoms with Crippen LogP contribution in [0.3, 0.4) is 0 Å². The van der Waals surface area contributed by atoms with E-state index in [1.807, 2.05) is 0 Å². The van der Waals surface area contributed by atoms with Crippen molar-refractivity contribution in [3.63, 3.8) is 0 Å². The van der Waals surface area contributed by atoms with Gasteiger partial charge >= 0.3 is 0 Å². The first kappa shape index (κ1) is 10.1. The molecule has 0 aromatic heterocycles. The van der Waals surface area contributed by atoms with E-state index < -0.39 is 0 Å². The fourth-order valence-electron chi connectivity index (χ4n) is 1.93. The van der Waals surface area contributed by atoms with Crippen LogP contribution in [0.4, 0.5) is 0 Å². The number of hydrogen-bond acceptors (Lipinski definition) is 2. The van der Waals surface area contributed by atoms with Crippen molar-refractivity contribution in [2.24, 2.45) is 0 Å². The molecule has 76 valence electrons. The van der Waals surface area contributed by atoms with Crippen molar-refractivity contribution < 1.29 is 0 Å². The summed E-state index contributed by atoms with van der Waals surface area (Å²) in [5.74, 6) is 0. The first-order valence-electron chi connectivity index (χ1n) is 5.06. The second-order valence-corrected chi connectivity index (χ2v) is 6.20. The van der Waals surface area contributed by atoms with E-state index in [4.69, 9.17) is 0 Å². The molecule has 1 aliphatic rings. The molecule has 0 spiro atoms. The number of benzene rings is 1. The van der Waals surface area contributed by atoms with Crippen LogP contribution in [0.15, 0.2) is 30.3 Å². The van der Waals surface area contributed by atoms with Crippen molar-refractivity contribution >= 4 is 13.5 Å². The second-order valence-electron chi connectivity index (χ2n) is 3.74. The van der Waals surface area contributed by atoms with Gasteiger partial charge < -0.3 is 0 Å². The van der Waals surface area contributed by atoms with Crippen LogP contribution in [0.2, 0.25) is 0 Å². The normalized spacial score (nSPS) is 21.3. The highest BCUT2D eigenvalue weighted by atomic mass is 31.1. The van der Waals surface area contributed by atoms with Gasteiger partial charge in [-0.15, -0.1) is 0 Å². The molecule has 0 amide bonds. The zero-order valence-corrected chi connectivity index (χ0v) is 9.74. The molecule has 0 N–H and O–H groups in total. The summed E-state index contributed by atoms with van der Waals surface area (Å²) in [6.07, 6.45) is 1.29. The topological polar surface area (TPSA) is 6.48 Å². The van der Waals surface area contributed by atoms with Crippen LogP contribution in [0.5, 0.6) is 0 Å². The number of nitrogens with zero attached hydrogens (tertiary/aromatic N) is 2. The fraction of sp³-hybridized carbons (Fsp3) is 0.455. The van der Waals surface area contributed by atoms with E-state index in [0.29, 0.717) is 0 Å². The summed E-state index contributed by atoms with van der Waals surface area (Å²) in [6, 6.07) is 10.8. The van der Waals surface area contributed by atoms with Crippen molar-refractivity contribution in [2.75, 3.05) is 27.2 Å². The lowest BCUT2D eigenvalue weighted by Crippen LogP contribution is -2.36. The highest BCUT2D eigenvalue weighted by Crippen LogP contribution is 2.43. The van der Waals surface area contributed by atoms with Gasteiger partial charge in [-0.3, -0.25) is 9.34 Å². The Balaban J connectivity index is 2.23. The molecule has 14 heavy (non-hydrogen) atoms. The Hall–Kier alpha value is -0.430. The molecule has 1 aromatic rings. The maximum atomic E-state index is 2.48. The maximum absolute atomic E-state index is 2.48. The summed E-state index contributed by atoms with van der Waals surface area (Å²) in [7, 11) is 4.24. The summed E-state index contributed by atoms with van der Waals surface area (Å²) >= 11 is 0. The summed E-state index contributed by atoms with van der Waals surface area (Å²) in [5.41, 5.74) is 0. The highest BCUT2D eigenvalue weighted by Gasteiger charge is 2.25. The van der Waals surface area contributed by atoms with Gasteiger partial charge in [0.25, 0.3) is 0 Å². The van der Waals surface area contributed by atoms with Gasteiger partial charge in [0, 0.05) is 18.4 Å². The molecule has 0 radical (unpaired) electrons. The van der Waals surface area contributed by atoms with Crippen molar-refractivity contribution in [1.29, 1.82) is 0 Å². The van der Waals surface area contributed by atoms with Gasteiger partial charge in [0.2, 0.25) is 0 Å². The van der Waals surface area contributed by atoms with E-state index in [2.05, 4.69) is 53.8 Å². The quantitative estimate of drug-likeness (QED) is 0.650. The molecule has 0 bridgehead atoms. The average molecular weight is 208 g/mol. The predicted octanol–water partition coefficient (Wildman–Crippen LogP) is 1.89. The second kappa shape index (κ2) is 4.39. The van der Waals surface area contributed by atoms with Gasteiger partial charge in [0.1, 0.15) is 0 Å². The Bertz CT molecular complexity index is 279. The van der Waals surface area contributed by atoms with Crippen LogP contribution in [-0.2, 0) is 0 Å². The molecule has 2 rings (SSSR count). The smallest absolute Gasteiger partial charge is 0.0719 e. The van der Waals surface area contributed by atoms with Gasteiger partial charge in [-0.25, -0.2) is 0 Å². The van der Waals surface area contributed by atoms with Crippen LogP contribution in [0.25, 0.3) is 0 Å². The van der Waals surface area contributed by atoms with Crippen LogP contribution in [0, 0.1) is 0 Å².